The number of carbonyl (C=O) groups is 1. The lowest BCUT2D eigenvalue weighted by Gasteiger charge is -2.05. The first kappa shape index (κ1) is 20.0. The summed E-state index contributed by atoms with van der Waals surface area (Å²) >= 11 is 5.90. The fourth-order valence-electron chi connectivity index (χ4n) is 3.61. The van der Waals surface area contributed by atoms with Gasteiger partial charge in [0.1, 0.15) is 11.0 Å². The third kappa shape index (κ3) is 3.98. The summed E-state index contributed by atoms with van der Waals surface area (Å²) in [6, 6.07) is 25.3. The highest BCUT2D eigenvalue weighted by molar-refractivity contribution is 6.30. The quantitative estimate of drug-likeness (QED) is 0.340. The van der Waals surface area contributed by atoms with Crippen molar-refractivity contribution in [2.24, 2.45) is 0 Å². The number of halogens is 1. The lowest BCUT2D eigenvalue weighted by molar-refractivity contribution is -0.111. The zero-order valence-corrected chi connectivity index (χ0v) is 18.0. The molecule has 0 aliphatic rings. The number of amides is 1. The molecule has 0 aliphatic carbocycles. The molecule has 1 N–H and O–H groups in total. The second-order valence-electron chi connectivity index (χ2n) is 7.52. The Kier molecular flexibility index (Phi) is 5.17. The van der Waals surface area contributed by atoms with Gasteiger partial charge in [-0.3, -0.25) is 4.79 Å². The second-order valence-corrected chi connectivity index (χ2v) is 7.95. The maximum atomic E-state index is 12.4. The van der Waals surface area contributed by atoms with Crippen molar-refractivity contribution in [3.05, 3.63) is 101 Å². The first-order valence-corrected chi connectivity index (χ1v) is 10.6. The van der Waals surface area contributed by atoms with Gasteiger partial charge in [-0.25, -0.2) is 0 Å². The van der Waals surface area contributed by atoms with Crippen LogP contribution in [0.15, 0.2) is 84.9 Å². The Bertz CT molecular complexity index is 1480. The molecule has 5 rings (SSSR count). The number of anilines is 1. The number of carbonyl (C=O) groups excluding carboxylic acids is 1. The minimum atomic E-state index is -0.219. The first-order valence-electron chi connectivity index (χ1n) is 10.2. The van der Waals surface area contributed by atoms with E-state index in [0.29, 0.717) is 16.2 Å². The van der Waals surface area contributed by atoms with Crippen LogP contribution in [0.2, 0.25) is 5.02 Å². The van der Waals surface area contributed by atoms with Gasteiger partial charge in [0.15, 0.2) is 0 Å². The van der Waals surface area contributed by atoms with Crippen LogP contribution < -0.4 is 5.32 Å². The van der Waals surface area contributed by atoms with E-state index < -0.39 is 0 Å². The van der Waals surface area contributed by atoms with Gasteiger partial charge in [0.25, 0.3) is 0 Å². The van der Waals surface area contributed by atoms with Crippen LogP contribution >= 0.6 is 11.6 Å². The smallest absolute Gasteiger partial charge is 0.248 e. The molecule has 6 heteroatoms. The van der Waals surface area contributed by atoms with Crippen LogP contribution in [-0.2, 0) is 4.79 Å². The van der Waals surface area contributed by atoms with Crippen LogP contribution in [0.1, 0.15) is 11.1 Å². The van der Waals surface area contributed by atoms with E-state index in [1.807, 2.05) is 55.5 Å². The fraction of sp³-hybridized carbons (Fsp3) is 0.0385. The second kappa shape index (κ2) is 8.29. The molecule has 0 atom stereocenters. The molecule has 32 heavy (non-hydrogen) atoms. The van der Waals surface area contributed by atoms with Crippen molar-refractivity contribution in [2.45, 2.75) is 6.92 Å². The summed E-state index contributed by atoms with van der Waals surface area (Å²) in [5.74, 6) is -0.219. The molecule has 1 aromatic heterocycles. The molecular formula is C26H19ClN4O. The van der Waals surface area contributed by atoms with Crippen LogP contribution in [0, 0.1) is 6.92 Å². The normalized spacial score (nSPS) is 11.4. The van der Waals surface area contributed by atoms with Crippen molar-refractivity contribution >= 4 is 51.1 Å². The Morgan fingerprint density at radius 1 is 0.938 bits per heavy atom. The number of fused-ring (bicyclic) bond motifs is 2. The number of hydrogen-bond donors (Lipinski definition) is 1. The van der Waals surface area contributed by atoms with Crippen molar-refractivity contribution in [1.82, 2.24) is 15.0 Å². The molecule has 0 spiro atoms. The van der Waals surface area contributed by atoms with Crippen LogP contribution in [-0.4, -0.2) is 20.9 Å². The van der Waals surface area contributed by atoms with Gasteiger partial charge in [-0.2, -0.15) is 0 Å². The average molecular weight is 439 g/mol. The number of aryl methyl sites for hydroxylation is 1. The zero-order chi connectivity index (χ0) is 22.1. The molecule has 0 saturated heterocycles. The Balaban J connectivity index is 1.43. The Labute approximate surface area is 189 Å². The first-order chi connectivity index (χ1) is 15.6. The zero-order valence-electron chi connectivity index (χ0n) is 17.3. The van der Waals surface area contributed by atoms with Crippen molar-refractivity contribution < 1.29 is 4.79 Å². The molecule has 0 unspecified atom stereocenters. The Hall–Kier alpha value is -3.96. The molecule has 1 amide bonds. The fourth-order valence-corrected chi connectivity index (χ4v) is 3.74. The highest BCUT2D eigenvalue weighted by atomic mass is 35.5. The highest BCUT2D eigenvalue weighted by Crippen LogP contribution is 2.25. The summed E-state index contributed by atoms with van der Waals surface area (Å²) in [6.45, 7) is 1.94. The largest absolute Gasteiger partial charge is 0.322 e. The number of nitrogens with one attached hydrogen (secondary N) is 1. The number of aromatic nitrogens is 3. The molecule has 0 aliphatic heterocycles. The van der Waals surface area contributed by atoms with E-state index in [-0.39, 0.29) is 5.91 Å². The highest BCUT2D eigenvalue weighted by Gasteiger charge is 2.11. The summed E-state index contributed by atoms with van der Waals surface area (Å²) in [4.78, 5) is 14.1. The van der Waals surface area contributed by atoms with Crippen LogP contribution in [0.25, 0.3) is 33.6 Å². The van der Waals surface area contributed by atoms with E-state index in [1.165, 1.54) is 6.08 Å². The summed E-state index contributed by atoms with van der Waals surface area (Å²) in [5.41, 5.74) is 4.90. The van der Waals surface area contributed by atoms with Gasteiger partial charge in [-0.05, 0) is 59.8 Å². The molecule has 5 nitrogen and oxygen atoms in total. The molecule has 4 aromatic carbocycles. The third-order valence-corrected chi connectivity index (χ3v) is 5.52. The number of rotatable bonds is 4. The van der Waals surface area contributed by atoms with Gasteiger partial charge in [-0.1, -0.05) is 60.1 Å². The van der Waals surface area contributed by atoms with E-state index in [1.54, 1.807) is 23.0 Å². The summed E-state index contributed by atoms with van der Waals surface area (Å²) in [6.07, 6.45) is 3.25. The topological polar surface area (TPSA) is 59.8 Å². The molecule has 156 valence electrons. The minimum Gasteiger partial charge on any atom is -0.322 e. The molecule has 5 aromatic rings. The monoisotopic (exact) mass is 438 g/mol. The molecule has 0 saturated carbocycles. The average Bonchev–Trinajstić information content (AvgIpc) is 3.21. The molecule has 0 radical (unpaired) electrons. The van der Waals surface area contributed by atoms with Gasteiger partial charge in [-0.15, -0.1) is 15.0 Å². The van der Waals surface area contributed by atoms with Crippen LogP contribution in [0.5, 0.6) is 0 Å². The standard InChI is InChI=1S/C26H19ClN4O/c1-17-15-23-24(16-22(17)28-26(32)14-11-18-9-12-20(27)13-10-18)30-31(29-23)25-8-4-6-19-5-2-3-7-21(19)25/h2-16H,1H3,(H,28,32)/b14-11+. The Morgan fingerprint density at radius 3 is 2.47 bits per heavy atom. The molecule has 0 fully saturated rings. The van der Waals surface area contributed by atoms with Gasteiger partial charge in [0.2, 0.25) is 5.91 Å². The Morgan fingerprint density at radius 2 is 1.66 bits per heavy atom. The molecule has 0 bridgehead atoms. The van der Waals surface area contributed by atoms with E-state index >= 15 is 0 Å². The van der Waals surface area contributed by atoms with Crippen molar-refractivity contribution in [1.29, 1.82) is 0 Å². The van der Waals surface area contributed by atoms with E-state index in [9.17, 15) is 4.79 Å². The maximum absolute atomic E-state index is 12.4. The predicted molar refractivity (Wildman–Crippen MR) is 130 cm³/mol. The number of hydrogen-bond acceptors (Lipinski definition) is 3. The third-order valence-electron chi connectivity index (χ3n) is 5.26. The lowest BCUT2D eigenvalue weighted by Crippen LogP contribution is -2.08. The van der Waals surface area contributed by atoms with Crippen molar-refractivity contribution in [3.63, 3.8) is 0 Å². The summed E-state index contributed by atoms with van der Waals surface area (Å²) < 4.78 is 0. The maximum Gasteiger partial charge on any atom is 0.248 e. The summed E-state index contributed by atoms with van der Waals surface area (Å²) in [7, 11) is 0. The molecular weight excluding hydrogens is 420 g/mol. The van der Waals surface area contributed by atoms with Gasteiger partial charge in [0, 0.05) is 22.2 Å². The SMILES string of the molecule is Cc1cc2nn(-c3cccc4ccccc34)nc2cc1NC(=O)/C=C/c1ccc(Cl)cc1. The van der Waals surface area contributed by atoms with Gasteiger partial charge in [0.05, 0.1) is 5.69 Å². The summed E-state index contributed by atoms with van der Waals surface area (Å²) in [5, 5.41) is 15.1. The van der Waals surface area contributed by atoms with Crippen molar-refractivity contribution in [2.75, 3.05) is 5.32 Å². The molecule has 1 heterocycles. The minimum absolute atomic E-state index is 0.219. The predicted octanol–water partition coefficient (Wildman–Crippen LogP) is 6.19. The van der Waals surface area contributed by atoms with Gasteiger partial charge >= 0.3 is 0 Å². The number of nitrogens with zero attached hydrogens (tertiary/aromatic N) is 3. The lowest BCUT2D eigenvalue weighted by atomic mass is 10.1. The van der Waals surface area contributed by atoms with Crippen LogP contribution in [0.3, 0.4) is 0 Å². The van der Waals surface area contributed by atoms with Crippen LogP contribution in [0.4, 0.5) is 5.69 Å². The van der Waals surface area contributed by atoms with E-state index in [2.05, 4.69) is 33.7 Å². The number of benzene rings is 4. The van der Waals surface area contributed by atoms with Gasteiger partial charge < -0.3 is 5.32 Å². The van der Waals surface area contributed by atoms with Crippen molar-refractivity contribution in [3.8, 4) is 5.69 Å². The van der Waals surface area contributed by atoms with E-state index in [4.69, 9.17) is 11.6 Å². The van der Waals surface area contributed by atoms with E-state index in [0.717, 1.165) is 33.1 Å².